The molecule has 1 aliphatic heterocycles. The lowest BCUT2D eigenvalue weighted by Crippen LogP contribution is -2.29. The van der Waals surface area contributed by atoms with Crippen LogP contribution in [0.2, 0.25) is 0 Å². The van der Waals surface area contributed by atoms with Crippen molar-refractivity contribution < 1.29 is 9.15 Å². The van der Waals surface area contributed by atoms with E-state index in [-0.39, 0.29) is 12.1 Å². The maximum atomic E-state index is 6.14. The van der Waals surface area contributed by atoms with Crippen molar-refractivity contribution >= 4 is 0 Å². The average Bonchev–Trinajstić information content (AvgIpc) is 2.97. The summed E-state index contributed by atoms with van der Waals surface area (Å²) in [5, 5.41) is 0. The topological polar surface area (TPSA) is 48.4 Å². The predicted molar refractivity (Wildman–Crippen MR) is 60.2 cm³/mol. The van der Waals surface area contributed by atoms with Gasteiger partial charge in [0.25, 0.3) is 0 Å². The molecule has 2 N–H and O–H groups in total. The first-order valence-corrected chi connectivity index (χ1v) is 5.37. The normalized spacial score (nSPS) is 20.2. The molecule has 3 heteroatoms. The highest BCUT2D eigenvalue weighted by molar-refractivity contribution is 5.38. The summed E-state index contributed by atoms with van der Waals surface area (Å²) < 4.78 is 10.9. The molecule has 0 saturated carbocycles. The number of rotatable bonds is 2. The van der Waals surface area contributed by atoms with E-state index in [1.807, 2.05) is 24.3 Å². The summed E-state index contributed by atoms with van der Waals surface area (Å²) in [6.45, 7) is 0. The van der Waals surface area contributed by atoms with E-state index in [1.54, 1.807) is 12.5 Å². The molecule has 82 valence electrons. The fourth-order valence-corrected chi connectivity index (χ4v) is 2.09. The number of hydrogen-bond acceptors (Lipinski definition) is 3. The van der Waals surface area contributed by atoms with Gasteiger partial charge in [0.1, 0.15) is 11.9 Å². The standard InChI is InChI=1S/C13H13NO2/c14-13(10-5-6-15-8-10)12-7-9-3-1-2-4-11(9)16-12/h1-6,8,12-13H,7,14H2. The SMILES string of the molecule is NC(c1ccoc1)C1Cc2ccccc2O1. The van der Waals surface area contributed by atoms with Gasteiger partial charge in [0.2, 0.25) is 0 Å². The zero-order chi connectivity index (χ0) is 11.0. The van der Waals surface area contributed by atoms with Gasteiger partial charge in [-0.1, -0.05) is 18.2 Å². The molecule has 0 spiro atoms. The molecule has 16 heavy (non-hydrogen) atoms. The highest BCUT2D eigenvalue weighted by atomic mass is 16.5. The molecule has 2 unspecified atom stereocenters. The van der Waals surface area contributed by atoms with Crippen LogP contribution in [-0.4, -0.2) is 6.10 Å². The number of furan rings is 1. The number of fused-ring (bicyclic) bond motifs is 1. The van der Waals surface area contributed by atoms with E-state index in [4.69, 9.17) is 14.9 Å². The number of nitrogens with two attached hydrogens (primary N) is 1. The highest BCUT2D eigenvalue weighted by Gasteiger charge is 2.29. The van der Waals surface area contributed by atoms with Crippen LogP contribution in [0.25, 0.3) is 0 Å². The molecule has 3 rings (SSSR count). The van der Waals surface area contributed by atoms with Crippen molar-refractivity contribution in [1.29, 1.82) is 0 Å². The van der Waals surface area contributed by atoms with E-state index in [2.05, 4.69) is 6.07 Å². The molecule has 0 fully saturated rings. The zero-order valence-corrected chi connectivity index (χ0v) is 8.80. The molecule has 0 amide bonds. The van der Waals surface area contributed by atoms with Gasteiger partial charge < -0.3 is 14.9 Å². The Hall–Kier alpha value is -1.74. The van der Waals surface area contributed by atoms with Gasteiger partial charge in [-0.25, -0.2) is 0 Å². The third-order valence-electron chi connectivity index (χ3n) is 3.00. The predicted octanol–water partition coefficient (Wildman–Crippen LogP) is 2.28. The molecular weight excluding hydrogens is 202 g/mol. The smallest absolute Gasteiger partial charge is 0.123 e. The number of benzene rings is 1. The van der Waals surface area contributed by atoms with Crippen LogP contribution in [-0.2, 0) is 6.42 Å². The van der Waals surface area contributed by atoms with Crippen LogP contribution < -0.4 is 10.5 Å². The summed E-state index contributed by atoms with van der Waals surface area (Å²) in [6.07, 6.45) is 4.19. The van der Waals surface area contributed by atoms with Gasteiger partial charge in [0, 0.05) is 12.0 Å². The van der Waals surface area contributed by atoms with Gasteiger partial charge in [0.15, 0.2) is 0 Å². The van der Waals surface area contributed by atoms with Crippen LogP contribution in [0.15, 0.2) is 47.3 Å². The van der Waals surface area contributed by atoms with Crippen molar-refractivity contribution in [1.82, 2.24) is 0 Å². The van der Waals surface area contributed by atoms with Crippen molar-refractivity contribution in [2.45, 2.75) is 18.6 Å². The summed E-state index contributed by atoms with van der Waals surface area (Å²) in [6, 6.07) is 9.82. The Balaban J connectivity index is 1.81. The van der Waals surface area contributed by atoms with Crippen molar-refractivity contribution in [2.24, 2.45) is 5.73 Å². The van der Waals surface area contributed by atoms with Crippen molar-refractivity contribution in [3.8, 4) is 5.75 Å². The number of para-hydroxylation sites is 1. The van der Waals surface area contributed by atoms with E-state index < -0.39 is 0 Å². The Labute approximate surface area is 93.8 Å². The second kappa shape index (κ2) is 3.68. The first kappa shape index (κ1) is 9.48. The second-order valence-corrected chi connectivity index (χ2v) is 4.05. The van der Waals surface area contributed by atoms with E-state index in [0.717, 1.165) is 17.7 Å². The molecule has 3 nitrogen and oxygen atoms in total. The van der Waals surface area contributed by atoms with Gasteiger partial charge in [-0.05, 0) is 17.7 Å². The summed E-state index contributed by atoms with van der Waals surface area (Å²) in [7, 11) is 0. The van der Waals surface area contributed by atoms with E-state index in [9.17, 15) is 0 Å². The zero-order valence-electron chi connectivity index (χ0n) is 8.80. The molecule has 0 aliphatic carbocycles. The molecule has 1 aromatic heterocycles. The quantitative estimate of drug-likeness (QED) is 0.836. The monoisotopic (exact) mass is 215 g/mol. The Bertz CT molecular complexity index is 453. The molecule has 2 aromatic rings. The second-order valence-electron chi connectivity index (χ2n) is 4.05. The van der Waals surface area contributed by atoms with Gasteiger partial charge in [-0.3, -0.25) is 0 Å². The molecule has 1 aliphatic rings. The van der Waals surface area contributed by atoms with Gasteiger partial charge in [0.05, 0.1) is 18.6 Å². The van der Waals surface area contributed by atoms with Crippen LogP contribution >= 0.6 is 0 Å². The first-order valence-electron chi connectivity index (χ1n) is 5.37. The lowest BCUT2D eigenvalue weighted by Gasteiger charge is -2.17. The highest BCUT2D eigenvalue weighted by Crippen LogP contribution is 2.32. The van der Waals surface area contributed by atoms with Crippen LogP contribution in [0.3, 0.4) is 0 Å². The minimum atomic E-state index is -0.133. The van der Waals surface area contributed by atoms with E-state index in [0.29, 0.717) is 0 Å². The Morgan fingerprint density at radius 3 is 2.88 bits per heavy atom. The van der Waals surface area contributed by atoms with E-state index in [1.165, 1.54) is 5.56 Å². The van der Waals surface area contributed by atoms with Crippen LogP contribution in [0.1, 0.15) is 17.2 Å². The molecule has 0 radical (unpaired) electrons. The number of hydrogen-bond donors (Lipinski definition) is 1. The van der Waals surface area contributed by atoms with Gasteiger partial charge in [-0.15, -0.1) is 0 Å². The Kier molecular flexibility index (Phi) is 2.18. The maximum Gasteiger partial charge on any atom is 0.123 e. The molecular formula is C13H13NO2. The van der Waals surface area contributed by atoms with Gasteiger partial charge in [-0.2, -0.15) is 0 Å². The molecule has 2 heterocycles. The molecule has 1 aromatic carbocycles. The summed E-state index contributed by atoms with van der Waals surface area (Å²) in [5.74, 6) is 0.950. The third-order valence-corrected chi connectivity index (χ3v) is 3.00. The summed E-state index contributed by atoms with van der Waals surface area (Å²) >= 11 is 0. The van der Waals surface area contributed by atoms with Crippen molar-refractivity contribution in [2.75, 3.05) is 0 Å². The van der Waals surface area contributed by atoms with Crippen molar-refractivity contribution in [3.63, 3.8) is 0 Å². The first-order chi connectivity index (χ1) is 7.84. The molecule has 0 saturated heterocycles. The Morgan fingerprint density at radius 2 is 2.12 bits per heavy atom. The van der Waals surface area contributed by atoms with Crippen LogP contribution in [0, 0.1) is 0 Å². The lowest BCUT2D eigenvalue weighted by molar-refractivity contribution is 0.199. The average molecular weight is 215 g/mol. The summed E-state index contributed by atoms with van der Waals surface area (Å²) in [4.78, 5) is 0. The number of ether oxygens (including phenoxy) is 1. The lowest BCUT2D eigenvalue weighted by atomic mass is 10.0. The largest absolute Gasteiger partial charge is 0.488 e. The Morgan fingerprint density at radius 1 is 1.25 bits per heavy atom. The minimum Gasteiger partial charge on any atom is -0.488 e. The fraction of sp³-hybridized carbons (Fsp3) is 0.231. The van der Waals surface area contributed by atoms with Gasteiger partial charge >= 0.3 is 0 Å². The maximum absolute atomic E-state index is 6.14. The van der Waals surface area contributed by atoms with Crippen LogP contribution in [0.5, 0.6) is 5.75 Å². The van der Waals surface area contributed by atoms with E-state index >= 15 is 0 Å². The minimum absolute atomic E-state index is 0.00926. The van der Waals surface area contributed by atoms with Crippen LogP contribution in [0.4, 0.5) is 0 Å². The summed E-state index contributed by atoms with van der Waals surface area (Å²) in [5.41, 5.74) is 8.35. The third kappa shape index (κ3) is 1.49. The fourth-order valence-electron chi connectivity index (χ4n) is 2.09. The molecule has 0 bridgehead atoms. The van der Waals surface area contributed by atoms with Crippen molar-refractivity contribution in [3.05, 3.63) is 54.0 Å². The molecule has 2 atom stereocenters.